The molecule has 3 rings (SSSR count). The highest BCUT2D eigenvalue weighted by molar-refractivity contribution is 5.60. The predicted molar refractivity (Wildman–Crippen MR) is 68.8 cm³/mol. The number of nitrogens with two attached hydrogens (primary N) is 1. The Morgan fingerprint density at radius 3 is 2.47 bits per heavy atom. The van der Waals surface area contributed by atoms with Crippen molar-refractivity contribution in [2.24, 2.45) is 0 Å². The molecule has 2 aromatic carbocycles. The maximum absolute atomic E-state index is 9.28. The van der Waals surface area contributed by atoms with Crippen LogP contribution in [0.1, 0.15) is 11.1 Å². The molecular weight excluding hydrogens is 212 g/mol. The SMILES string of the molecule is Nc1cccc2c1CN(c1ccc(O)cc1)C2. The molecule has 0 unspecified atom stereocenters. The molecule has 1 aliphatic heterocycles. The van der Waals surface area contributed by atoms with E-state index in [0.29, 0.717) is 5.75 Å². The molecule has 3 heteroatoms. The van der Waals surface area contributed by atoms with Gasteiger partial charge in [-0.05, 0) is 41.5 Å². The molecule has 0 saturated carbocycles. The monoisotopic (exact) mass is 226 g/mol. The summed E-state index contributed by atoms with van der Waals surface area (Å²) in [4.78, 5) is 2.25. The summed E-state index contributed by atoms with van der Waals surface area (Å²) in [5.41, 5.74) is 10.5. The van der Waals surface area contributed by atoms with Crippen LogP contribution < -0.4 is 10.6 Å². The topological polar surface area (TPSA) is 49.5 Å². The van der Waals surface area contributed by atoms with E-state index in [1.54, 1.807) is 12.1 Å². The van der Waals surface area contributed by atoms with Crippen LogP contribution in [-0.4, -0.2) is 5.11 Å². The van der Waals surface area contributed by atoms with Gasteiger partial charge in [0.05, 0.1) is 0 Å². The number of rotatable bonds is 1. The van der Waals surface area contributed by atoms with Gasteiger partial charge in [0.2, 0.25) is 0 Å². The molecule has 1 aliphatic rings. The van der Waals surface area contributed by atoms with Gasteiger partial charge >= 0.3 is 0 Å². The standard InChI is InChI=1S/C14H14N2O/c15-14-3-1-2-10-8-16(9-13(10)14)11-4-6-12(17)7-5-11/h1-7,17H,8-9,15H2. The zero-order valence-corrected chi connectivity index (χ0v) is 9.43. The number of phenolic OH excluding ortho intramolecular Hbond substituents is 1. The van der Waals surface area contributed by atoms with Gasteiger partial charge in [-0.25, -0.2) is 0 Å². The maximum atomic E-state index is 9.28. The van der Waals surface area contributed by atoms with Crippen LogP contribution in [0.4, 0.5) is 11.4 Å². The highest BCUT2D eigenvalue weighted by atomic mass is 16.3. The summed E-state index contributed by atoms with van der Waals surface area (Å²) >= 11 is 0. The molecule has 0 spiro atoms. The molecule has 0 amide bonds. The Bertz CT molecular complexity index is 549. The fourth-order valence-corrected chi connectivity index (χ4v) is 2.29. The summed E-state index contributed by atoms with van der Waals surface area (Å²) < 4.78 is 0. The number of fused-ring (bicyclic) bond motifs is 1. The zero-order chi connectivity index (χ0) is 11.8. The average Bonchev–Trinajstić information content (AvgIpc) is 2.75. The third kappa shape index (κ3) is 1.69. The van der Waals surface area contributed by atoms with Crippen molar-refractivity contribution in [1.82, 2.24) is 0 Å². The highest BCUT2D eigenvalue weighted by Gasteiger charge is 2.20. The summed E-state index contributed by atoms with van der Waals surface area (Å²) in [6.45, 7) is 1.72. The number of anilines is 2. The minimum atomic E-state index is 0.296. The van der Waals surface area contributed by atoms with Gasteiger partial charge in [0.25, 0.3) is 0 Å². The van der Waals surface area contributed by atoms with E-state index in [1.165, 1.54) is 11.1 Å². The lowest BCUT2D eigenvalue weighted by molar-refractivity contribution is 0.475. The first-order valence-electron chi connectivity index (χ1n) is 5.64. The smallest absolute Gasteiger partial charge is 0.115 e. The van der Waals surface area contributed by atoms with E-state index in [-0.39, 0.29) is 0 Å². The van der Waals surface area contributed by atoms with Crippen molar-refractivity contribution < 1.29 is 5.11 Å². The number of aromatic hydroxyl groups is 1. The number of nitrogens with zero attached hydrogens (tertiary/aromatic N) is 1. The minimum Gasteiger partial charge on any atom is -0.508 e. The minimum absolute atomic E-state index is 0.296. The summed E-state index contributed by atoms with van der Waals surface area (Å²) in [5, 5.41) is 9.28. The van der Waals surface area contributed by atoms with Crippen molar-refractivity contribution in [2.75, 3.05) is 10.6 Å². The Morgan fingerprint density at radius 1 is 1.00 bits per heavy atom. The average molecular weight is 226 g/mol. The molecule has 3 nitrogen and oxygen atoms in total. The van der Waals surface area contributed by atoms with E-state index in [1.807, 2.05) is 24.3 Å². The van der Waals surface area contributed by atoms with Crippen molar-refractivity contribution in [3.05, 3.63) is 53.6 Å². The molecule has 0 radical (unpaired) electrons. The lowest BCUT2D eigenvalue weighted by atomic mass is 10.1. The normalized spacial score (nSPS) is 13.8. The maximum Gasteiger partial charge on any atom is 0.115 e. The molecule has 0 atom stereocenters. The number of nitrogen functional groups attached to an aromatic ring is 1. The Morgan fingerprint density at radius 2 is 1.76 bits per heavy atom. The molecular formula is C14H14N2O. The van der Waals surface area contributed by atoms with E-state index >= 15 is 0 Å². The summed E-state index contributed by atoms with van der Waals surface area (Å²) in [7, 11) is 0. The molecule has 2 aromatic rings. The Hall–Kier alpha value is -2.16. The van der Waals surface area contributed by atoms with Crippen molar-refractivity contribution in [1.29, 1.82) is 0 Å². The van der Waals surface area contributed by atoms with Gasteiger partial charge in [-0.1, -0.05) is 12.1 Å². The Labute approximate surface area is 100 Å². The molecule has 86 valence electrons. The molecule has 1 heterocycles. The quantitative estimate of drug-likeness (QED) is 0.734. The van der Waals surface area contributed by atoms with Gasteiger partial charge in [-0.3, -0.25) is 0 Å². The van der Waals surface area contributed by atoms with Gasteiger partial charge in [0, 0.05) is 24.5 Å². The van der Waals surface area contributed by atoms with Crippen LogP contribution in [0, 0.1) is 0 Å². The van der Waals surface area contributed by atoms with Gasteiger partial charge in [0.15, 0.2) is 0 Å². The van der Waals surface area contributed by atoms with Crippen molar-refractivity contribution in [3.63, 3.8) is 0 Å². The third-order valence-electron chi connectivity index (χ3n) is 3.23. The fourth-order valence-electron chi connectivity index (χ4n) is 2.29. The van der Waals surface area contributed by atoms with Crippen LogP contribution in [0.25, 0.3) is 0 Å². The number of phenols is 1. The number of hydrogen-bond donors (Lipinski definition) is 2. The van der Waals surface area contributed by atoms with Crippen molar-refractivity contribution in [3.8, 4) is 5.75 Å². The van der Waals surface area contributed by atoms with E-state index in [2.05, 4.69) is 11.0 Å². The molecule has 0 fully saturated rings. The zero-order valence-electron chi connectivity index (χ0n) is 9.43. The van der Waals surface area contributed by atoms with Crippen LogP contribution in [0.3, 0.4) is 0 Å². The van der Waals surface area contributed by atoms with Gasteiger partial charge in [-0.15, -0.1) is 0 Å². The van der Waals surface area contributed by atoms with Crippen molar-refractivity contribution >= 4 is 11.4 Å². The van der Waals surface area contributed by atoms with E-state index < -0.39 is 0 Å². The second kappa shape index (κ2) is 3.70. The second-order valence-corrected chi connectivity index (χ2v) is 4.36. The third-order valence-corrected chi connectivity index (χ3v) is 3.23. The van der Waals surface area contributed by atoms with Crippen LogP contribution in [0.15, 0.2) is 42.5 Å². The van der Waals surface area contributed by atoms with E-state index in [9.17, 15) is 5.11 Å². The molecule has 3 N–H and O–H groups in total. The molecule has 0 aliphatic carbocycles. The summed E-state index contributed by atoms with van der Waals surface area (Å²) in [6, 6.07) is 13.3. The fraction of sp³-hybridized carbons (Fsp3) is 0.143. The van der Waals surface area contributed by atoms with Crippen LogP contribution in [0.2, 0.25) is 0 Å². The Kier molecular flexibility index (Phi) is 2.18. The summed E-state index contributed by atoms with van der Waals surface area (Å²) in [5.74, 6) is 0.296. The van der Waals surface area contributed by atoms with Crippen LogP contribution in [-0.2, 0) is 13.1 Å². The Balaban J connectivity index is 1.91. The van der Waals surface area contributed by atoms with Crippen molar-refractivity contribution in [2.45, 2.75) is 13.1 Å². The molecule has 0 bridgehead atoms. The van der Waals surface area contributed by atoms with Gasteiger partial charge < -0.3 is 15.7 Å². The summed E-state index contributed by atoms with van der Waals surface area (Å²) in [6.07, 6.45) is 0. The van der Waals surface area contributed by atoms with E-state index in [4.69, 9.17) is 5.73 Å². The number of hydrogen-bond acceptors (Lipinski definition) is 3. The lowest BCUT2D eigenvalue weighted by Gasteiger charge is -2.17. The van der Waals surface area contributed by atoms with Gasteiger partial charge in [0.1, 0.15) is 5.75 Å². The number of benzene rings is 2. The van der Waals surface area contributed by atoms with Gasteiger partial charge in [-0.2, -0.15) is 0 Å². The first kappa shape index (κ1) is 10.0. The molecule has 0 saturated heterocycles. The first-order valence-corrected chi connectivity index (χ1v) is 5.64. The molecule has 0 aromatic heterocycles. The highest BCUT2D eigenvalue weighted by Crippen LogP contribution is 2.31. The van der Waals surface area contributed by atoms with E-state index in [0.717, 1.165) is 24.5 Å². The lowest BCUT2D eigenvalue weighted by Crippen LogP contribution is -2.14. The predicted octanol–water partition coefficient (Wildman–Crippen LogP) is 2.49. The van der Waals surface area contributed by atoms with Crippen LogP contribution in [0.5, 0.6) is 5.75 Å². The van der Waals surface area contributed by atoms with Crippen LogP contribution >= 0.6 is 0 Å². The second-order valence-electron chi connectivity index (χ2n) is 4.36. The molecule has 17 heavy (non-hydrogen) atoms. The largest absolute Gasteiger partial charge is 0.508 e. The first-order chi connectivity index (χ1) is 8.24.